The molecule has 2 fully saturated rings. The highest BCUT2D eigenvalue weighted by atomic mass is 16.5. The molecular formula is C14H23N3O4. The second-order valence-electron chi connectivity index (χ2n) is 5.99. The molecule has 0 saturated carbocycles. The maximum atomic E-state index is 12.2. The zero-order valence-corrected chi connectivity index (χ0v) is 12.6. The molecule has 3 amide bonds. The molecule has 0 bridgehead atoms. The van der Waals surface area contributed by atoms with Crippen LogP contribution in [0, 0.1) is 0 Å². The van der Waals surface area contributed by atoms with Crippen LogP contribution in [0.4, 0.5) is 0 Å². The van der Waals surface area contributed by atoms with Crippen molar-refractivity contribution in [1.29, 1.82) is 0 Å². The van der Waals surface area contributed by atoms with Gasteiger partial charge < -0.3 is 15.0 Å². The Morgan fingerprint density at radius 1 is 1.33 bits per heavy atom. The third-order valence-electron chi connectivity index (χ3n) is 4.04. The standard InChI is InChI=1S/C14H23N3O4/c1-14(2)13(20)16-11(18)9-17(14)12(19)5-8-21-10-3-6-15-7-4-10/h10,15H,3-9H2,1-2H3,(H,16,18,20). The molecule has 2 N–H and O–H groups in total. The van der Waals surface area contributed by atoms with E-state index >= 15 is 0 Å². The number of imide groups is 1. The van der Waals surface area contributed by atoms with Gasteiger partial charge in [-0.15, -0.1) is 0 Å². The van der Waals surface area contributed by atoms with E-state index in [1.807, 2.05) is 0 Å². The van der Waals surface area contributed by atoms with Crippen LogP contribution in [0.25, 0.3) is 0 Å². The van der Waals surface area contributed by atoms with Crippen molar-refractivity contribution in [3.05, 3.63) is 0 Å². The Balaban J connectivity index is 1.83. The van der Waals surface area contributed by atoms with Crippen molar-refractivity contribution < 1.29 is 19.1 Å². The third kappa shape index (κ3) is 3.79. The Kier molecular flexibility index (Phi) is 4.95. The number of ether oxygens (including phenoxy) is 1. The number of nitrogens with one attached hydrogen (secondary N) is 2. The number of piperazine rings is 1. The lowest BCUT2D eigenvalue weighted by molar-refractivity contribution is -0.156. The Bertz CT molecular complexity index is 430. The zero-order chi connectivity index (χ0) is 15.5. The molecule has 0 aromatic heterocycles. The maximum absolute atomic E-state index is 12.2. The van der Waals surface area contributed by atoms with Crippen molar-refractivity contribution in [2.75, 3.05) is 26.2 Å². The first-order valence-electron chi connectivity index (χ1n) is 7.38. The molecule has 2 aliphatic rings. The molecule has 0 aromatic rings. The van der Waals surface area contributed by atoms with Crippen LogP contribution in [0.2, 0.25) is 0 Å². The van der Waals surface area contributed by atoms with Crippen LogP contribution in [0.1, 0.15) is 33.1 Å². The summed E-state index contributed by atoms with van der Waals surface area (Å²) in [6.45, 7) is 5.40. The average molecular weight is 297 g/mol. The Morgan fingerprint density at radius 3 is 2.67 bits per heavy atom. The fourth-order valence-corrected chi connectivity index (χ4v) is 2.59. The van der Waals surface area contributed by atoms with Gasteiger partial charge in [-0.25, -0.2) is 0 Å². The molecule has 0 aliphatic carbocycles. The van der Waals surface area contributed by atoms with Crippen molar-refractivity contribution in [3.63, 3.8) is 0 Å². The van der Waals surface area contributed by atoms with Crippen LogP contribution >= 0.6 is 0 Å². The lowest BCUT2D eigenvalue weighted by Gasteiger charge is -2.40. The van der Waals surface area contributed by atoms with E-state index in [-0.39, 0.29) is 25.0 Å². The lowest BCUT2D eigenvalue weighted by atomic mass is 9.98. The molecule has 0 atom stereocenters. The van der Waals surface area contributed by atoms with Gasteiger partial charge in [-0.3, -0.25) is 19.7 Å². The Hall–Kier alpha value is -1.47. The van der Waals surface area contributed by atoms with Gasteiger partial charge in [-0.1, -0.05) is 0 Å². The molecular weight excluding hydrogens is 274 g/mol. The van der Waals surface area contributed by atoms with Crippen LogP contribution in [-0.4, -0.2) is 60.5 Å². The van der Waals surface area contributed by atoms with Crippen LogP contribution in [0.3, 0.4) is 0 Å². The summed E-state index contributed by atoms with van der Waals surface area (Å²) in [5, 5.41) is 5.50. The summed E-state index contributed by atoms with van der Waals surface area (Å²) in [5.74, 6) is -1.10. The normalized spacial score (nSPS) is 23.0. The quantitative estimate of drug-likeness (QED) is 0.677. The number of carbonyl (C=O) groups is 3. The average Bonchev–Trinajstić information content (AvgIpc) is 2.44. The van der Waals surface area contributed by atoms with E-state index < -0.39 is 17.4 Å². The first kappa shape index (κ1) is 15.9. The highest BCUT2D eigenvalue weighted by Crippen LogP contribution is 2.19. The summed E-state index contributed by atoms with van der Waals surface area (Å²) >= 11 is 0. The van der Waals surface area contributed by atoms with E-state index in [4.69, 9.17) is 4.74 Å². The van der Waals surface area contributed by atoms with Gasteiger partial charge in [0.25, 0.3) is 5.91 Å². The molecule has 7 nitrogen and oxygen atoms in total. The number of nitrogens with zero attached hydrogens (tertiary/aromatic N) is 1. The van der Waals surface area contributed by atoms with Gasteiger partial charge in [0.2, 0.25) is 11.8 Å². The molecule has 2 rings (SSSR count). The van der Waals surface area contributed by atoms with Crippen LogP contribution in [0.15, 0.2) is 0 Å². The fraction of sp³-hybridized carbons (Fsp3) is 0.786. The summed E-state index contributed by atoms with van der Waals surface area (Å²) in [4.78, 5) is 36.8. The van der Waals surface area contributed by atoms with E-state index in [1.54, 1.807) is 13.8 Å². The third-order valence-corrected chi connectivity index (χ3v) is 4.04. The molecule has 2 heterocycles. The first-order chi connectivity index (χ1) is 9.91. The number of hydrogen-bond acceptors (Lipinski definition) is 5. The van der Waals surface area contributed by atoms with Gasteiger partial charge in [-0.2, -0.15) is 0 Å². The number of rotatable bonds is 4. The van der Waals surface area contributed by atoms with E-state index in [2.05, 4.69) is 10.6 Å². The van der Waals surface area contributed by atoms with Gasteiger partial charge in [0, 0.05) is 0 Å². The van der Waals surface area contributed by atoms with E-state index in [1.165, 1.54) is 4.90 Å². The molecule has 0 unspecified atom stereocenters. The largest absolute Gasteiger partial charge is 0.378 e. The number of piperidine rings is 1. The number of carbonyl (C=O) groups excluding carboxylic acids is 3. The monoisotopic (exact) mass is 297 g/mol. The highest BCUT2D eigenvalue weighted by molar-refractivity contribution is 6.06. The molecule has 2 aliphatic heterocycles. The number of amides is 3. The lowest BCUT2D eigenvalue weighted by Crippen LogP contribution is -2.65. The number of hydrogen-bond donors (Lipinski definition) is 2. The molecule has 0 aromatic carbocycles. The molecule has 2 saturated heterocycles. The second kappa shape index (κ2) is 6.53. The molecule has 21 heavy (non-hydrogen) atoms. The van der Waals surface area contributed by atoms with Gasteiger partial charge in [0.15, 0.2) is 0 Å². The summed E-state index contributed by atoms with van der Waals surface area (Å²) in [6.07, 6.45) is 2.28. The Morgan fingerprint density at radius 2 is 2.00 bits per heavy atom. The first-order valence-corrected chi connectivity index (χ1v) is 7.38. The van der Waals surface area contributed by atoms with Gasteiger partial charge in [0.1, 0.15) is 12.1 Å². The molecule has 0 spiro atoms. The predicted molar refractivity (Wildman–Crippen MR) is 75.4 cm³/mol. The van der Waals surface area contributed by atoms with Crippen molar-refractivity contribution in [1.82, 2.24) is 15.5 Å². The van der Waals surface area contributed by atoms with E-state index in [0.29, 0.717) is 6.61 Å². The predicted octanol–water partition coefficient (Wildman–Crippen LogP) is -0.591. The molecule has 7 heteroatoms. The highest BCUT2D eigenvalue weighted by Gasteiger charge is 2.43. The second-order valence-corrected chi connectivity index (χ2v) is 5.99. The van der Waals surface area contributed by atoms with Crippen molar-refractivity contribution in [2.45, 2.75) is 44.8 Å². The van der Waals surface area contributed by atoms with E-state index in [0.717, 1.165) is 25.9 Å². The minimum Gasteiger partial charge on any atom is -0.378 e. The maximum Gasteiger partial charge on any atom is 0.252 e. The van der Waals surface area contributed by atoms with Crippen molar-refractivity contribution in [3.8, 4) is 0 Å². The fourth-order valence-electron chi connectivity index (χ4n) is 2.59. The summed E-state index contributed by atoms with van der Waals surface area (Å²) < 4.78 is 5.69. The van der Waals surface area contributed by atoms with Gasteiger partial charge >= 0.3 is 0 Å². The summed E-state index contributed by atoms with van der Waals surface area (Å²) in [7, 11) is 0. The van der Waals surface area contributed by atoms with Gasteiger partial charge in [0.05, 0.1) is 19.1 Å². The summed E-state index contributed by atoms with van der Waals surface area (Å²) in [5.41, 5.74) is -1.00. The summed E-state index contributed by atoms with van der Waals surface area (Å²) in [6, 6.07) is 0. The minimum atomic E-state index is -1.00. The van der Waals surface area contributed by atoms with Gasteiger partial charge in [-0.05, 0) is 39.8 Å². The Labute approximate surface area is 124 Å². The molecule has 118 valence electrons. The smallest absolute Gasteiger partial charge is 0.252 e. The SMILES string of the molecule is CC1(C)C(=O)NC(=O)CN1C(=O)CCOC1CCNCC1. The van der Waals surface area contributed by atoms with E-state index in [9.17, 15) is 14.4 Å². The van der Waals surface area contributed by atoms with Crippen molar-refractivity contribution in [2.24, 2.45) is 0 Å². The van der Waals surface area contributed by atoms with Crippen molar-refractivity contribution >= 4 is 17.7 Å². The van der Waals surface area contributed by atoms with Crippen LogP contribution in [-0.2, 0) is 19.1 Å². The van der Waals surface area contributed by atoms with Crippen LogP contribution in [0.5, 0.6) is 0 Å². The molecule has 0 radical (unpaired) electrons. The zero-order valence-electron chi connectivity index (χ0n) is 12.6. The topological polar surface area (TPSA) is 87.7 Å². The minimum absolute atomic E-state index is 0.0785. The van der Waals surface area contributed by atoms with Crippen LogP contribution < -0.4 is 10.6 Å².